The monoisotopic (exact) mass is 476 g/mol. The zero-order valence-corrected chi connectivity index (χ0v) is 20.5. The lowest BCUT2D eigenvalue weighted by atomic mass is 9.69. The van der Waals surface area contributed by atoms with Crippen molar-refractivity contribution in [1.82, 2.24) is 4.90 Å². The van der Waals surface area contributed by atoms with E-state index in [1.54, 1.807) is 6.07 Å². The average molecular weight is 477 g/mol. The van der Waals surface area contributed by atoms with E-state index in [0.717, 1.165) is 24.1 Å². The Morgan fingerprint density at radius 2 is 1.54 bits per heavy atom. The van der Waals surface area contributed by atoms with Crippen LogP contribution in [0, 0.1) is 5.82 Å². The number of benzene rings is 3. The van der Waals surface area contributed by atoms with Gasteiger partial charge in [0.05, 0.1) is 12.5 Å². The third-order valence-corrected chi connectivity index (χ3v) is 7.16. The van der Waals surface area contributed by atoms with Gasteiger partial charge < -0.3 is 15.2 Å². The number of nitrogens with zero attached hydrogens (tertiary/aromatic N) is 1. The molecule has 3 aromatic carbocycles. The largest absolute Gasteiger partial charge is 0.497 e. The minimum Gasteiger partial charge on any atom is -0.497 e. The molecule has 2 N–H and O–H groups in total. The number of halogens is 1. The normalized spacial score (nSPS) is 16.4. The van der Waals surface area contributed by atoms with Crippen LogP contribution < -0.4 is 15.2 Å². The first-order chi connectivity index (χ1) is 16.8. The van der Waals surface area contributed by atoms with Crippen molar-refractivity contribution < 1.29 is 18.7 Å². The van der Waals surface area contributed by atoms with E-state index in [1.165, 1.54) is 19.2 Å². The van der Waals surface area contributed by atoms with E-state index in [0.29, 0.717) is 24.3 Å². The molecule has 184 valence electrons. The van der Waals surface area contributed by atoms with Gasteiger partial charge in [-0.05, 0) is 37.8 Å². The van der Waals surface area contributed by atoms with Crippen LogP contribution in [0.1, 0.15) is 44.2 Å². The number of rotatable bonds is 10. The Morgan fingerprint density at radius 1 is 0.971 bits per heavy atom. The molecule has 4 rings (SSSR count). The molecule has 0 radical (unpaired) electrons. The average Bonchev–Trinajstić information content (AvgIpc) is 2.82. The Hall–Kier alpha value is -3.38. The second-order valence-corrected chi connectivity index (χ2v) is 9.70. The van der Waals surface area contributed by atoms with Crippen molar-refractivity contribution in [2.75, 3.05) is 13.7 Å². The quantitative estimate of drug-likeness (QED) is 0.433. The number of ether oxygens (including phenoxy) is 2. The number of amides is 1. The first-order valence-electron chi connectivity index (χ1n) is 12.0. The molecule has 1 saturated heterocycles. The molecule has 0 saturated carbocycles. The van der Waals surface area contributed by atoms with E-state index < -0.39 is 11.2 Å². The highest BCUT2D eigenvalue weighted by Gasteiger charge is 2.45. The Balaban J connectivity index is 1.57. The zero-order chi connectivity index (χ0) is 25.1. The van der Waals surface area contributed by atoms with Crippen molar-refractivity contribution in [2.45, 2.75) is 50.3 Å². The number of primary amides is 1. The summed E-state index contributed by atoms with van der Waals surface area (Å²) in [6, 6.07) is 23.9. The molecule has 35 heavy (non-hydrogen) atoms. The second kappa shape index (κ2) is 10.1. The predicted molar refractivity (Wildman–Crippen MR) is 135 cm³/mol. The van der Waals surface area contributed by atoms with Crippen molar-refractivity contribution in [3.05, 3.63) is 95.8 Å². The molecule has 1 atom stereocenters. The van der Waals surface area contributed by atoms with Crippen LogP contribution in [0.25, 0.3) is 0 Å². The van der Waals surface area contributed by atoms with Gasteiger partial charge in [-0.2, -0.15) is 0 Å². The lowest BCUT2D eigenvalue weighted by Gasteiger charge is -2.51. The number of carbonyl (C=O) groups excluding carboxylic acids is 1. The van der Waals surface area contributed by atoms with Crippen LogP contribution >= 0.6 is 0 Å². The van der Waals surface area contributed by atoms with Crippen molar-refractivity contribution >= 4 is 5.91 Å². The van der Waals surface area contributed by atoms with Gasteiger partial charge in [0.25, 0.3) is 0 Å². The van der Waals surface area contributed by atoms with Gasteiger partial charge in [-0.3, -0.25) is 9.69 Å². The van der Waals surface area contributed by atoms with Gasteiger partial charge in [0.2, 0.25) is 5.91 Å². The maximum absolute atomic E-state index is 14.0. The summed E-state index contributed by atoms with van der Waals surface area (Å²) in [7, 11) is 1.50. The minimum atomic E-state index is -0.947. The van der Waals surface area contributed by atoms with Gasteiger partial charge >= 0.3 is 0 Å². The number of hydrogen-bond acceptors (Lipinski definition) is 4. The van der Waals surface area contributed by atoms with Crippen LogP contribution in [0.3, 0.4) is 0 Å². The summed E-state index contributed by atoms with van der Waals surface area (Å²) in [6.45, 7) is 5.15. The van der Waals surface area contributed by atoms with Gasteiger partial charge in [-0.15, -0.1) is 0 Å². The number of nitrogens with two attached hydrogens (primary N) is 1. The maximum atomic E-state index is 14.0. The molecule has 3 aromatic rings. The molecule has 1 amide bonds. The van der Waals surface area contributed by atoms with Gasteiger partial charge in [-0.1, -0.05) is 60.7 Å². The van der Waals surface area contributed by atoms with E-state index in [-0.39, 0.29) is 17.7 Å². The first-order valence-corrected chi connectivity index (χ1v) is 12.0. The van der Waals surface area contributed by atoms with Crippen molar-refractivity contribution in [3.8, 4) is 11.5 Å². The lowest BCUT2D eigenvalue weighted by Crippen LogP contribution is -2.61. The van der Waals surface area contributed by atoms with Crippen molar-refractivity contribution in [1.29, 1.82) is 0 Å². The molecular formula is C29H33FN2O3. The molecule has 5 nitrogen and oxygen atoms in total. The highest BCUT2D eigenvalue weighted by molar-refractivity contribution is 5.90. The standard InChI is InChI=1S/C29H33FN2O3/c1-28(2,32-17-14-26(32)35-25-19-23(30)18-24(20-25)34-3)15-16-29(27(31)33,21-10-6-4-7-11-21)22-12-8-5-9-13-22/h4-13,18-20,26H,14-17H2,1-3H3,(H2,31,33). The number of methoxy groups -OCH3 is 1. The van der Waals surface area contributed by atoms with Crippen LogP contribution in [0.4, 0.5) is 4.39 Å². The third kappa shape index (κ3) is 5.03. The predicted octanol–water partition coefficient (Wildman–Crippen LogP) is 5.28. The van der Waals surface area contributed by atoms with Crippen LogP contribution in [0.2, 0.25) is 0 Å². The molecule has 6 heteroatoms. The highest BCUT2D eigenvalue weighted by Crippen LogP contribution is 2.41. The number of carbonyl (C=O) groups is 1. The van der Waals surface area contributed by atoms with Gasteiger partial charge in [0, 0.05) is 36.7 Å². The fourth-order valence-electron chi connectivity index (χ4n) is 5.00. The summed E-state index contributed by atoms with van der Waals surface area (Å²) in [6.07, 6.45) is 1.89. The molecular weight excluding hydrogens is 443 g/mol. The lowest BCUT2D eigenvalue weighted by molar-refractivity contribution is -0.125. The van der Waals surface area contributed by atoms with Crippen LogP contribution in [-0.2, 0) is 10.2 Å². The van der Waals surface area contributed by atoms with Crippen LogP contribution in [0.15, 0.2) is 78.9 Å². The molecule has 1 fully saturated rings. The van der Waals surface area contributed by atoms with E-state index in [1.807, 2.05) is 60.7 Å². The van der Waals surface area contributed by atoms with Crippen molar-refractivity contribution in [3.63, 3.8) is 0 Å². The fraction of sp³-hybridized carbons (Fsp3) is 0.345. The van der Waals surface area contributed by atoms with Crippen molar-refractivity contribution in [2.24, 2.45) is 5.73 Å². The summed E-state index contributed by atoms with van der Waals surface area (Å²) >= 11 is 0. The Bertz CT molecular complexity index is 1110. The topological polar surface area (TPSA) is 64.8 Å². The summed E-state index contributed by atoms with van der Waals surface area (Å²) in [4.78, 5) is 15.4. The first kappa shape index (κ1) is 24.7. The van der Waals surface area contributed by atoms with Gasteiger partial charge in [0.1, 0.15) is 17.3 Å². The maximum Gasteiger partial charge on any atom is 0.232 e. The molecule has 1 unspecified atom stereocenters. The molecule has 0 aliphatic carbocycles. The number of likely N-dealkylation sites (tertiary alicyclic amines) is 1. The number of hydrogen-bond donors (Lipinski definition) is 1. The SMILES string of the molecule is COc1cc(F)cc(OC2CCN2C(C)(C)CCC(C(N)=O)(c2ccccc2)c2ccccc2)c1. The van der Waals surface area contributed by atoms with E-state index in [9.17, 15) is 9.18 Å². The molecule has 1 aliphatic rings. The molecule has 1 heterocycles. The summed E-state index contributed by atoms with van der Waals surface area (Å²) in [5.41, 5.74) is 6.67. The van der Waals surface area contributed by atoms with Gasteiger partial charge in [0.15, 0.2) is 6.23 Å². The fourth-order valence-corrected chi connectivity index (χ4v) is 5.00. The Morgan fingerprint density at radius 3 is 2.03 bits per heavy atom. The van der Waals surface area contributed by atoms with E-state index in [4.69, 9.17) is 15.2 Å². The van der Waals surface area contributed by atoms with Crippen LogP contribution in [0.5, 0.6) is 11.5 Å². The Kier molecular flexibility index (Phi) is 7.13. The molecule has 1 aliphatic heterocycles. The molecule has 0 bridgehead atoms. The van der Waals surface area contributed by atoms with Gasteiger partial charge in [-0.25, -0.2) is 4.39 Å². The molecule has 0 spiro atoms. The Labute approximate surface area is 206 Å². The van der Waals surface area contributed by atoms with Crippen LogP contribution in [-0.4, -0.2) is 36.2 Å². The minimum absolute atomic E-state index is 0.187. The second-order valence-electron chi connectivity index (χ2n) is 9.70. The highest BCUT2D eigenvalue weighted by atomic mass is 19.1. The zero-order valence-electron chi connectivity index (χ0n) is 20.5. The summed E-state index contributed by atoms with van der Waals surface area (Å²) in [5.74, 6) is 0.0879. The third-order valence-electron chi connectivity index (χ3n) is 7.16. The summed E-state index contributed by atoms with van der Waals surface area (Å²) in [5, 5.41) is 0. The molecule has 0 aromatic heterocycles. The summed E-state index contributed by atoms with van der Waals surface area (Å²) < 4.78 is 25.3. The smallest absolute Gasteiger partial charge is 0.232 e. The van der Waals surface area contributed by atoms with E-state index in [2.05, 4.69) is 18.7 Å². The van der Waals surface area contributed by atoms with E-state index >= 15 is 0 Å².